The summed E-state index contributed by atoms with van der Waals surface area (Å²) in [6.07, 6.45) is 4.87. The van der Waals surface area contributed by atoms with Gasteiger partial charge in [0.2, 0.25) is 0 Å². The van der Waals surface area contributed by atoms with Crippen LogP contribution in [0.3, 0.4) is 0 Å². The molecule has 0 saturated carbocycles. The van der Waals surface area contributed by atoms with Crippen molar-refractivity contribution in [1.29, 1.82) is 0 Å². The third kappa shape index (κ3) is 2.28. The third-order valence-electron chi connectivity index (χ3n) is 3.47. The first kappa shape index (κ1) is 12.3. The van der Waals surface area contributed by atoms with Crippen molar-refractivity contribution in [3.63, 3.8) is 0 Å². The molecule has 6 heteroatoms. The van der Waals surface area contributed by atoms with Gasteiger partial charge in [0.15, 0.2) is 0 Å². The molecule has 0 aromatic carbocycles. The molecule has 2 heterocycles. The van der Waals surface area contributed by atoms with E-state index in [1.54, 1.807) is 6.33 Å². The molecular weight excluding hydrogens is 240 g/mol. The van der Waals surface area contributed by atoms with Gasteiger partial charge >= 0.3 is 0 Å². The fourth-order valence-electron chi connectivity index (χ4n) is 2.80. The molecule has 0 amide bonds. The van der Waals surface area contributed by atoms with Crippen LogP contribution in [0.25, 0.3) is 5.78 Å². The molecule has 1 aliphatic rings. The van der Waals surface area contributed by atoms with E-state index < -0.39 is 0 Å². The SMILES string of the molecule is C[C@@H](CN(C)C)Nc1c2c(nc3ncnn13)CCC2. The lowest BCUT2D eigenvalue weighted by Crippen LogP contribution is -2.31. The molecule has 0 aliphatic heterocycles. The van der Waals surface area contributed by atoms with E-state index in [9.17, 15) is 0 Å². The minimum atomic E-state index is 0.356. The quantitative estimate of drug-likeness (QED) is 0.888. The summed E-state index contributed by atoms with van der Waals surface area (Å²) >= 11 is 0. The van der Waals surface area contributed by atoms with Crippen LogP contribution in [0.4, 0.5) is 5.82 Å². The van der Waals surface area contributed by atoms with E-state index in [-0.39, 0.29) is 0 Å². The van der Waals surface area contributed by atoms with Crippen LogP contribution in [0, 0.1) is 0 Å². The Balaban J connectivity index is 1.99. The van der Waals surface area contributed by atoms with Crippen LogP contribution in [0.5, 0.6) is 0 Å². The van der Waals surface area contributed by atoms with Crippen LogP contribution in [0.1, 0.15) is 24.6 Å². The van der Waals surface area contributed by atoms with E-state index >= 15 is 0 Å². The first-order valence-corrected chi connectivity index (χ1v) is 6.78. The van der Waals surface area contributed by atoms with E-state index in [1.807, 2.05) is 4.52 Å². The van der Waals surface area contributed by atoms with Crippen molar-refractivity contribution in [1.82, 2.24) is 24.5 Å². The van der Waals surface area contributed by atoms with Crippen molar-refractivity contribution in [2.45, 2.75) is 32.2 Å². The highest BCUT2D eigenvalue weighted by Crippen LogP contribution is 2.28. The van der Waals surface area contributed by atoms with Gasteiger partial charge in [0.1, 0.15) is 12.1 Å². The Hall–Kier alpha value is -1.69. The molecule has 3 rings (SSSR count). The number of likely N-dealkylation sites (N-methyl/N-ethyl adjacent to an activating group) is 1. The number of nitrogens with zero attached hydrogens (tertiary/aromatic N) is 5. The summed E-state index contributed by atoms with van der Waals surface area (Å²) in [7, 11) is 4.17. The van der Waals surface area contributed by atoms with Gasteiger partial charge in [0, 0.05) is 18.2 Å². The summed E-state index contributed by atoms with van der Waals surface area (Å²) in [5.41, 5.74) is 2.49. The first-order chi connectivity index (χ1) is 9.15. The number of rotatable bonds is 4. The van der Waals surface area contributed by atoms with Crippen LogP contribution in [-0.4, -0.2) is 51.2 Å². The monoisotopic (exact) mass is 260 g/mol. The molecule has 6 nitrogen and oxygen atoms in total. The van der Waals surface area contributed by atoms with Crippen molar-refractivity contribution in [2.24, 2.45) is 0 Å². The van der Waals surface area contributed by atoms with Gasteiger partial charge in [-0.25, -0.2) is 4.98 Å². The summed E-state index contributed by atoms with van der Waals surface area (Å²) in [5.74, 6) is 1.77. The minimum Gasteiger partial charge on any atom is -0.366 e. The van der Waals surface area contributed by atoms with Crippen LogP contribution >= 0.6 is 0 Å². The second-order valence-corrected chi connectivity index (χ2v) is 5.52. The highest BCUT2D eigenvalue weighted by Gasteiger charge is 2.21. The van der Waals surface area contributed by atoms with Gasteiger partial charge in [-0.2, -0.15) is 14.6 Å². The normalized spacial score (nSPS) is 16.0. The second kappa shape index (κ2) is 4.77. The summed E-state index contributed by atoms with van der Waals surface area (Å²) in [5, 5.41) is 7.88. The van der Waals surface area contributed by atoms with Gasteiger partial charge in [-0.3, -0.25) is 0 Å². The fourth-order valence-corrected chi connectivity index (χ4v) is 2.80. The maximum atomic E-state index is 4.58. The Labute approximate surface area is 112 Å². The molecule has 1 atom stereocenters. The van der Waals surface area contributed by atoms with Crippen molar-refractivity contribution < 1.29 is 0 Å². The van der Waals surface area contributed by atoms with Gasteiger partial charge in [0.25, 0.3) is 5.78 Å². The molecule has 102 valence electrons. The van der Waals surface area contributed by atoms with Crippen molar-refractivity contribution in [3.8, 4) is 0 Å². The van der Waals surface area contributed by atoms with Crippen LogP contribution < -0.4 is 5.32 Å². The van der Waals surface area contributed by atoms with Crippen molar-refractivity contribution >= 4 is 11.6 Å². The van der Waals surface area contributed by atoms with Gasteiger partial charge in [-0.05, 0) is 40.3 Å². The molecule has 0 radical (unpaired) electrons. The van der Waals surface area contributed by atoms with Crippen LogP contribution in [-0.2, 0) is 12.8 Å². The largest absolute Gasteiger partial charge is 0.366 e. The summed E-state index contributed by atoms with van der Waals surface area (Å²) in [4.78, 5) is 11.0. The third-order valence-corrected chi connectivity index (χ3v) is 3.47. The number of hydrogen-bond acceptors (Lipinski definition) is 5. The molecule has 2 aromatic rings. The molecule has 0 bridgehead atoms. The highest BCUT2D eigenvalue weighted by molar-refractivity contribution is 5.54. The lowest BCUT2D eigenvalue weighted by molar-refractivity contribution is 0.391. The van der Waals surface area contributed by atoms with Crippen molar-refractivity contribution in [3.05, 3.63) is 17.6 Å². The van der Waals surface area contributed by atoms with E-state index in [2.05, 4.69) is 46.3 Å². The maximum Gasteiger partial charge on any atom is 0.254 e. The van der Waals surface area contributed by atoms with E-state index in [1.165, 1.54) is 17.7 Å². The number of aryl methyl sites for hydroxylation is 1. The zero-order chi connectivity index (χ0) is 13.4. The number of anilines is 1. The Morgan fingerprint density at radius 2 is 2.26 bits per heavy atom. The summed E-state index contributed by atoms with van der Waals surface area (Å²) in [6.45, 7) is 3.16. The zero-order valence-corrected chi connectivity index (χ0v) is 11.7. The van der Waals surface area contributed by atoms with Crippen molar-refractivity contribution in [2.75, 3.05) is 26.0 Å². The Morgan fingerprint density at radius 3 is 3.05 bits per heavy atom. The summed E-state index contributed by atoms with van der Waals surface area (Å²) in [6, 6.07) is 0.356. The number of hydrogen-bond donors (Lipinski definition) is 1. The molecule has 2 aromatic heterocycles. The van der Waals surface area contributed by atoms with Gasteiger partial charge in [0.05, 0.1) is 5.69 Å². The topological polar surface area (TPSA) is 58.3 Å². The fraction of sp³-hybridized carbons (Fsp3) is 0.615. The standard InChI is InChI=1S/C13H20N6/c1-9(7-18(2)3)16-12-10-5-4-6-11(10)17-13-14-8-15-19(12)13/h8-9,16H,4-7H2,1-3H3/t9-/m0/s1. The molecule has 19 heavy (non-hydrogen) atoms. The van der Waals surface area contributed by atoms with Gasteiger partial charge in [-0.15, -0.1) is 0 Å². The van der Waals surface area contributed by atoms with Crippen LogP contribution in [0.2, 0.25) is 0 Å². The number of nitrogens with one attached hydrogen (secondary N) is 1. The molecule has 0 fully saturated rings. The van der Waals surface area contributed by atoms with E-state index in [0.717, 1.165) is 25.2 Å². The lowest BCUT2D eigenvalue weighted by atomic mass is 10.2. The first-order valence-electron chi connectivity index (χ1n) is 6.78. The second-order valence-electron chi connectivity index (χ2n) is 5.52. The Morgan fingerprint density at radius 1 is 1.42 bits per heavy atom. The average molecular weight is 260 g/mol. The smallest absolute Gasteiger partial charge is 0.254 e. The molecule has 0 saturated heterocycles. The van der Waals surface area contributed by atoms with E-state index in [4.69, 9.17) is 0 Å². The predicted molar refractivity (Wildman–Crippen MR) is 74.4 cm³/mol. The molecule has 0 spiro atoms. The minimum absolute atomic E-state index is 0.356. The molecular formula is C13H20N6. The van der Waals surface area contributed by atoms with Crippen LogP contribution in [0.15, 0.2) is 6.33 Å². The summed E-state index contributed by atoms with van der Waals surface area (Å²) < 4.78 is 1.83. The number of fused-ring (bicyclic) bond motifs is 2. The lowest BCUT2D eigenvalue weighted by Gasteiger charge is -2.21. The zero-order valence-electron chi connectivity index (χ0n) is 11.7. The average Bonchev–Trinajstić information content (AvgIpc) is 2.94. The number of aromatic nitrogens is 4. The van der Waals surface area contributed by atoms with E-state index in [0.29, 0.717) is 11.8 Å². The predicted octanol–water partition coefficient (Wildman–Crippen LogP) is 0.975. The molecule has 1 N–H and O–H groups in total. The highest BCUT2D eigenvalue weighted by atomic mass is 15.4. The van der Waals surface area contributed by atoms with Gasteiger partial charge in [-0.1, -0.05) is 0 Å². The molecule has 1 aliphatic carbocycles. The molecule has 0 unspecified atom stereocenters. The maximum absolute atomic E-state index is 4.58. The van der Waals surface area contributed by atoms with Gasteiger partial charge < -0.3 is 10.2 Å². The Kier molecular flexibility index (Phi) is 3.10. The Bertz CT molecular complexity index is 588.